The van der Waals surface area contributed by atoms with Gasteiger partial charge in [-0.15, -0.1) is 0 Å². The Morgan fingerprint density at radius 2 is 2.07 bits per heavy atom. The Morgan fingerprint density at radius 1 is 1.33 bits per heavy atom. The van der Waals surface area contributed by atoms with Crippen LogP contribution in [0.1, 0.15) is 0 Å². The summed E-state index contributed by atoms with van der Waals surface area (Å²) >= 11 is 4.51. The highest BCUT2D eigenvalue weighted by atomic mass is 79.9. The van der Waals surface area contributed by atoms with Crippen molar-refractivity contribution >= 4 is 43.8 Å². The fourth-order valence-corrected chi connectivity index (χ4v) is 2.38. The van der Waals surface area contributed by atoms with E-state index in [4.69, 9.17) is 6.57 Å². The summed E-state index contributed by atoms with van der Waals surface area (Å²) in [6.45, 7) is 7.03. The third kappa shape index (κ3) is 2.17. The number of aromatic nitrogens is 1. The van der Waals surface area contributed by atoms with Crippen LogP contribution in [-0.2, 0) is 0 Å². The topological polar surface area (TPSA) is 29.3 Å². The van der Waals surface area contributed by atoms with Crippen LogP contribution in [0.25, 0.3) is 4.85 Å². The Balaban J connectivity index is 2.30. The van der Waals surface area contributed by atoms with E-state index >= 15 is 0 Å². The van der Waals surface area contributed by atoms with Crippen molar-refractivity contribution < 1.29 is 0 Å². The van der Waals surface area contributed by atoms with Crippen LogP contribution in [0, 0.1) is 6.57 Å². The first-order chi connectivity index (χ1) is 7.31. The van der Waals surface area contributed by atoms with Crippen LogP contribution in [0.2, 0.25) is 0 Å². The molecule has 2 rings (SSSR count). The SMILES string of the molecule is [C-]#[N+]c1c(Br)nsc1Nc1ccccc1. The van der Waals surface area contributed by atoms with Crippen molar-refractivity contribution in [2.75, 3.05) is 5.32 Å². The predicted molar refractivity (Wildman–Crippen MR) is 65.8 cm³/mol. The van der Waals surface area contributed by atoms with Gasteiger partial charge >= 0.3 is 0 Å². The average molecular weight is 280 g/mol. The molecule has 74 valence electrons. The first-order valence-electron chi connectivity index (χ1n) is 4.16. The summed E-state index contributed by atoms with van der Waals surface area (Å²) in [6, 6.07) is 9.72. The molecule has 0 aliphatic carbocycles. The molecule has 3 nitrogen and oxygen atoms in total. The van der Waals surface area contributed by atoms with Gasteiger partial charge in [-0.05, 0) is 39.6 Å². The number of hydrogen-bond acceptors (Lipinski definition) is 3. The van der Waals surface area contributed by atoms with Gasteiger partial charge in [0.15, 0.2) is 0 Å². The van der Waals surface area contributed by atoms with E-state index in [-0.39, 0.29) is 0 Å². The molecule has 1 N–H and O–H groups in total. The molecule has 1 heterocycles. The number of anilines is 2. The molecule has 0 aliphatic heterocycles. The quantitative estimate of drug-likeness (QED) is 0.835. The Labute approximate surface area is 99.9 Å². The van der Waals surface area contributed by atoms with Crippen LogP contribution in [0.3, 0.4) is 0 Å². The molecule has 0 aliphatic rings. The van der Waals surface area contributed by atoms with Gasteiger partial charge in [0.05, 0.1) is 6.57 Å². The number of rotatable bonds is 2. The van der Waals surface area contributed by atoms with Gasteiger partial charge in [0.25, 0.3) is 5.69 Å². The minimum Gasteiger partial charge on any atom is -0.355 e. The first kappa shape index (κ1) is 10.1. The third-order valence-electron chi connectivity index (χ3n) is 1.77. The maximum atomic E-state index is 7.03. The Hall–Kier alpha value is -1.38. The molecule has 1 aromatic heterocycles. The van der Waals surface area contributed by atoms with Crippen LogP contribution in [0.5, 0.6) is 0 Å². The van der Waals surface area contributed by atoms with Gasteiger partial charge in [0.2, 0.25) is 0 Å². The van der Waals surface area contributed by atoms with Crippen molar-refractivity contribution in [3.63, 3.8) is 0 Å². The van der Waals surface area contributed by atoms with E-state index in [1.807, 2.05) is 30.3 Å². The van der Waals surface area contributed by atoms with Crippen LogP contribution < -0.4 is 5.32 Å². The Morgan fingerprint density at radius 3 is 2.73 bits per heavy atom. The molecule has 0 unspecified atom stereocenters. The maximum absolute atomic E-state index is 7.03. The number of nitrogens with zero attached hydrogens (tertiary/aromatic N) is 2. The summed E-state index contributed by atoms with van der Waals surface area (Å²) < 4.78 is 4.66. The standard InChI is InChI=1S/C10H6BrN3S/c1-12-8-9(11)14-15-10(8)13-7-5-3-2-4-6-7/h2-6,13H. The largest absolute Gasteiger partial charge is 0.355 e. The highest BCUT2D eigenvalue weighted by Gasteiger charge is 2.11. The van der Waals surface area contributed by atoms with Crippen LogP contribution in [0.4, 0.5) is 16.4 Å². The molecular formula is C10H6BrN3S. The van der Waals surface area contributed by atoms with E-state index in [1.54, 1.807) is 0 Å². The predicted octanol–water partition coefficient (Wildman–Crippen LogP) is 4.20. The molecule has 0 spiro atoms. The van der Waals surface area contributed by atoms with Crippen molar-refractivity contribution in [3.8, 4) is 0 Å². The summed E-state index contributed by atoms with van der Waals surface area (Å²) in [6.07, 6.45) is 0. The Kier molecular flexibility index (Phi) is 2.99. The monoisotopic (exact) mass is 279 g/mol. The van der Waals surface area contributed by atoms with Gasteiger partial charge in [-0.1, -0.05) is 18.2 Å². The lowest BCUT2D eigenvalue weighted by Gasteiger charge is -2.02. The van der Waals surface area contributed by atoms with Gasteiger partial charge in [-0.3, -0.25) is 0 Å². The highest BCUT2D eigenvalue weighted by molar-refractivity contribution is 9.10. The van der Waals surface area contributed by atoms with Gasteiger partial charge in [-0.25, -0.2) is 4.85 Å². The minimum atomic E-state index is 0.531. The summed E-state index contributed by atoms with van der Waals surface area (Å²) in [5.74, 6) is 0. The van der Waals surface area contributed by atoms with Crippen molar-refractivity contribution in [1.29, 1.82) is 0 Å². The van der Waals surface area contributed by atoms with E-state index in [2.05, 4.69) is 30.5 Å². The Bertz CT molecular complexity index is 501. The minimum absolute atomic E-state index is 0.531. The second-order valence-electron chi connectivity index (χ2n) is 2.75. The van der Waals surface area contributed by atoms with E-state index in [0.29, 0.717) is 10.3 Å². The lowest BCUT2D eigenvalue weighted by atomic mass is 10.3. The van der Waals surface area contributed by atoms with E-state index in [1.165, 1.54) is 11.5 Å². The normalized spacial score (nSPS) is 9.60. The van der Waals surface area contributed by atoms with E-state index in [9.17, 15) is 0 Å². The second-order valence-corrected chi connectivity index (χ2v) is 4.28. The average Bonchev–Trinajstić information content (AvgIpc) is 2.61. The zero-order valence-corrected chi connectivity index (χ0v) is 9.97. The molecule has 0 amide bonds. The maximum Gasteiger partial charge on any atom is 0.254 e. The number of para-hydroxylation sites is 1. The molecule has 0 fully saturated rings. The summed E-state index contributed by atoms with van der Waals surface area (Å²) in [4.78, 5) is 3.41. The molecule has 0 saturated heterocycles. The van der Waals surface area contributed by atoms with Crippen molar-refractivity contribution in [1.82, 2.24) is 4.37 Å². The first-order valence-corrected chi connectivity index (χ1v) is 5.72. The molecule has 0 saturated carbocycles. The molecule has 0 radical (unpaired) electrons. The van der Waals surface area contributed by atoms with Gasteiger partial charge in [0, 0.05) is 5.69 Å². The van der Waals surface area contributed by atoms with Crippen LogP contribution >= 0.6 is 27.5 Å². The smallest absolute Gasteiger partial charge is 0.254 e. The molecule has 15 heavy (non-hydrogen) atoms. The molecule has 0 atom stereocenters. The van der Waals surface area contributed by atoms with Crippen LogP contribution in [0.15, 0.2) is 34.9 Å². The van der Waals surface area contributed by atoms with E-state index in [0.717, 1.165) is 10.7 Å². The number of nitrogens with one attached hydrogen (secondary N) is 1. The number of halogens is 1. The van der Waals surface area contributed by atoms with Gasteiger partial charge < -0.3 is 5.32 Å². The second kappa shape index (κ2) is 4.43. The van der Waals surface area contributed by atoms with Crippen molar-refractivity contribution in [2.24, 2.45) is 0 Å². The van der Waals surface area contributed by atoms with Gasteiger partial charge in [-0.2, -0.15) is 4.37 Å². The van der Waals surface area contributed by atoms with Crippen molar-refractivity contribution in [3.05, 3.63) is 46.4 Å². The van der Waals surface area contributed by atoms with Crippen molar-refractivity contribution in [2.45, 2.75) is 0 Å². The molecule has 2 aromatic rings. The number of hydrogen-bond donors (Lipinski definition) is 1. The lowest BCUT2D eigenvalue weighted by Crippen LogP contribution is -1.85. The third-order valence-corrected chi connectivity index (χ3v) is 3.31. The van der Waals surface area contributed by atoms with Crippen LogP contribution in [-0.4, -0.2) is 4.37 Å². The summed E-state index contributed by atoms with van der Waals surface area (Å²) in [5.41, 5.74) is 1.49. The molecule has 0 bridgehead atoms. The van der Waals surface area contributed by atoms with E-state index < -0.39 is 0 Å². The molecule has 5 heteroatoms. The van der Waals surface area contributed by atoms with Gasteiger partial charge in [0.1, 0.15) is 9.60 Å². The highest BCUT2D eigenvalue weighted by Crippen LogP contribution is 2.38. The molecule has 1 aromatic carbocycles. The summed E-state index contributed by atoms with van der Waals surface area (Å²) in [7, 11) is 0. The molecular weight excluding hydrogens is 274 g/mol. The number of benzene rings is 1. The fourth-order valence-electron chi connectivity index (χ4n) is 1.10. The zero-order valence-electron chi connectivity index (χ0n) is 7.57. The fraction of sp³-hybridized carbons (Fsp3) is 0. The lowest BCUT2D eigenvalue weighted by molar-refractivity contribution is 1.51. The summed E-state index contributed by atoms with van der Waals surface area (Å²) in [5, 5.41) is 3.92. The zero-order chi connectivity index (χ0) is 10.7.